The molecule has 116 valence electrons. The number of hydrogen-bond acceptors (Lipinski definition) is 3. The highest BCUT2D eigenvalue weighted by atomic mass is 32.2. The van der Waals surface area contributed by atoms with E-state index in [1.165, 1.54) is 12.1 Å². The molecule has 0 spiro atoms. The van der Waals surface area contributed by atoms with Crippen LogP contribution in [0.2, 0.25) is 0 Å². The molecule has 5 heteroatoms. The van der Waals surface area contributed by atoms with Crippen molar-refractivity contribution in [2.45, 2.75) is 24.7 Å². The van der Waals surface area contributed by atoms with Crippen molar-refractivity contribution >= 4 is 21.4 Å². The van der Waals surface area contributed by atoms with Gasteiger partial charge in [-0.05, 0) is 36.2 Å². The van der Waals surface area contributed by atoms with Crippen LogP contribution in [0, 0.1) is 0 Å². The van der Waals surface area contributed by atoms with E-state index in [2.05, 4.69) is 5.32 Å². The molecule has 2 aromatic rings. The first-order valence-electron chi connectivity index (χ1n) is 7.18. The van der Waals surface area contributed by atoms with Crippen molar-refractivity contribution in [3.8, 4) is 0 Å². The Hall–Kier alpha value is -2.14. The maximum atomic E-state index is 11.9. The number of carbonyl (C=O) groups is 1. The van der Waals surface area contributed by atoms with E-state index in [1.807, 2.05) is 30.3 Å². The molecule has 0 unspecified atom stereocenters. The molecule has 2 rings (SSSR count). The summed E-state index contributed by atoms with van der Waals surface area (Å²) in [5.41, 5.74) is 1.72. The first-order valence-corrected chi connectivity index (χ1v) is 8.83. The summed E-state index contributed by atoms with van der Waals surface area (Å²) in [4.78, 5) is 12.2. The van der Waals surface area contributed by atoms with Crippen molar-refractivity contribution in [3.63, 3.8) is 0 Å². The van der Waals surface area contributed by atoms with Crippen LogP contribution in [0.1, 0.15) is 18.9 Å². The summed E-state index contributed by atoms with van der Waals surface area (Å²) in [6.45, 7) is 1.61. The maximum Gasteiger partial charge on any atom is 0.224 e. The van der Waals surface area contributed by atoms with E-state index in [4.69, 9.17) is 0 Å². The number of aryl methyl sites for hydroxylation is 1. The molecular formula is C17H19NO3S. The van der Waals surface area contributed by atoms with Crippen LogP contribution >= 0.6 is 0 Å². The molecule has 4 nitrogen and oxygen atoms in total. The third kappa shape index (κ3) is 4.43. The number of sulfone groups is 1. The summed E-state index contributed by atoms with van der Waals surface area (Å²) < 4.78 is 23.4. The molecule has 0 aromatic heterocycles. The van der Waals surface area contributed by atoms with Crippen LogP contribution < -0.4 is 5.32 Å². The van der Waals surface area contributed by atoms with Crippen molar-refractivity contribution in [2.24, 2.45) is 0 Å². The normalized spacial score (nSPS) is 11.1. The van der Waals surface area contributed by atoms with E-state index in [0.717, 1.165) is 5.56 Å². The van der Waals surface area contributed by atoms with E-state index in [9.17, 15) is 13.2 Å². The predicted molar refractivity (Wildman–Crippen MR) is 87.6 cm³/mol. The van der Waals surface area contributed by atoms with Gasteiger partial charge in [0.25, 0.3) is 0 Å². The molecule has 2 aromatic carbocycles. The minimum absolute atomic E-state index is 0.0653. The molecule has 0 atom stereocenters. The van der Waals surface area contributed by atoms with Crippen LogP contribution in [0.4, 0.5) is 5.69 Å². The summed E-state index contributed by atoms with van der Waals surface area (Å²) in [6.07, 6.45) is 1.06. The Balaban J connectivity index is 1.92. The van der Waals surface area contributed by atoms with E-state index in [-0.39, 0.29) is 16.6 Å². The van der Waals surface area contributed by atoms with Crippen LogP contribution in [0.25, 0.3) is 0 Å². The highest BCUT2D eigenvalue weighted by molar-refractivity contribution is 7.91. The van der Waals surface area contributed by atoms with E-state index in [0.29, 0.717) is 18.5 Å². The van der Waals surface area contributed by atoms with Crippen molar-refractivity contribution < 1.29 is 13.2 Å². The van der Waals surface area contributed by atoms with E-state index < -0.39 is 9.84 Å². The van der Waals surface area contributed by atoms with Crippen LogP contribution in [-0.4, -0.2) is 20.1 Å². The third-order valence-corrected chi connectivity index (χ3v) is 5.11. The molecule has 1 amide bonds. The fourth-order valence-electron chi connectivity index (χ4n) is 2.04. The zero-order valence-electron chi connectivity index (χ0n) is 12.5. The minimum atomic E-state index is -3.20. The number of anilines is 1. The summed E-state index contributed by atoms with van der Waals surface area (Å²) >= 11 is 0. The largest absolute Gasteiger partial charge is 0.326 e. The van der Waals surface area contributed by atoms with Crippen molar-refractivity contribution in [1.29, 1.82) is 0 Å². The lowest BCUT2D eigenvalue weighted by molar-refractivity contribution is -0.116. The number of amides is 1. The number of carbonyl (C=O) groups excluding carboxylic acids is 1. The van der Waals surface area contributed by atoms with Gasteiger partial charge in [0.2, 0.25) is 5.91 Å². The Morgan fingerprint density at radius 2 is 1.64 bits per heavy atom. The monoisotopic (exact) mass is 317 g/mol. The minimum Gasteiger partial charge on any atom is -0.326 e. The lowest BCUT2D eigenvalue weighted by atomic mass is 10.1. The Labute approximate surface area is 131 Å². The van der Waals surface area contributed by atoms with Crippen LogP contribution in [0.5, 0.6) is 0 Å². The first kappa shape index (κ1) is 16.2. The van der Waals surface area contributed by atoms with Gasteiger partial charge in [-0.25, -0.2) is 8.42 Å². The van der Waals surface area contributed by atoms with Gasteiger partial charge in [0, 0.05) is 12.1 Å². The standard InChI is InChI=1S/C17H19NO3S/c1-2-22(20,21)16-11-9-15(10-12-16)18-17(19)13-8-14-6-4-3-5-7-14/h3-7,9-12H,2,8,13H2,1H3,(H,18,19). The van der Waals surface area contributed by atoms with Gasteiger partial charge >= 0.3 is 0 Å². The molecule has 0 saturated heterocycles. The molecule has 0 aliphatic carbocycles. The van der Waals surface area contributed by atoms with Crippen molar-refractivity contribution in [2.75, 3.05) is 11.1 Å². The average molecular weight is 317 g/mol. The van der Waals surface area contributed by atoms with Gasteiger partial charge in [0.05, 0.1) is 10.6 Å². The predicted octanol–water partition coefficient (Wildman–Crippen LogP) is 3.05. The van der Waals surface area contributed by atoms with Crippen molar-refractivity contribution in [3.05, 3.63) is 60.2 Å². The molecule has 1 N–H and O–H groups in total. The Kier molecular flexibility index (Phi) is 5.33. The van der Waals surface area contributed by atoms with E-state index in [1.54, 1.807) is 19.1 Å². The van der Waals surface area contributed by atoms with Gasteiger partial charge in [-0.15, -0.1) is 0 Å². The molecule has 0 heterocycles. The van der Waals surface area contributed by atoms with Crippen LogP contribution in [0.15, 0.2) is 59.5 Å². The fourth-order valence-corrected chi connectivity index (χ4v) is 2.92. The molecule has 22 heavy (non-hydrogen) atoms. The summed E-state index contributed by atoms with van der Waals surface area (Å²) in [7, 11) is -3.20. The molecule has 0 aliphatic heterocycles. The number of rotatable bonds is 6. The zero-order valence-corrected chi connectivity index (χ0v) is 13.3. The number of benzene rings is 2. The second-order valence-corrected chi connectivity index (χ2v) is 7.24. The highest BCUT2D eigenvalue weighted by Crippen LogP contribution is 2.15. The van der Waals surface area contributed by atoms with Gasteiger partial charge in [0.15, 0.2) is 9.84 Å². The van der Waals surface area contributed by atoms with E-state index >= 15 is 0 Å². The first-order chi connectivity index (χ1) is 10.5. The third-order valence-electron chi connectivity index (χ3n) is 3.36. The van der Waals surface area contributed by atoms with Crippen LogP contribution in [0.3, 0.4) is 0 Å². The Bertz CT molecular complexity index is 722. The maximum absolute atomic E-state index is 11.9. The lowest BCUT2D eigenvalue weighted by Crippen LogP contribution is -2.12. The quantitative estimate of drug-likeness (QED) is 0.890. The molecule has 0 bridgehead atoms. The lowest BCUT2D eigenvalue weighted by Gasteiger charge is -2.07. The molecule has 0 radical (unpaired) electrons. The van der Waals surface area contributed by atoms with Gasteiger partial charge in [-0.1, -0.05) is 37.3 Å². The van der Waals surface area contributed by atoms with Gasteiger partial charge in [-0.2, -0.15) is 0 Å². The highest BCUT2D eigenvalue weighted by Gasteiger charge is 2.11. The molecular weight excluding hydrogens is 298 g/mol. The smallest absolute Gasteiger partial charge is 0.224 e. The van der Waals surface area contributed by atoms with Crippen LogP contribution in [-0.2, 0) is 21.1 Å². The summed E-state index contributed by atoms with van der Waals surface area (Å²) in [6, 6.07) is 16.1. The SMILES string of the molecule is CCS(=O)(=O)c1ccc(NC(=O)CCc2ccccc2)cc1. The second kappa shape index (κ2) is 7.22. The Morgan fingerprint density at radius 1 is 1.00 bits per heavy atom. The molecule has 0 fully saturated rings. The number of nitrogens with one attached hydrogen (secondary N) is 1. The topological polar surface area (TPSA) is 63.2 Å². The van der Waals surface area contributed by atoms with Gasteiger partial charge in [-0.3, -0.25) is 4.79 Å². The molecule has 0 saturated carbocycles. The summed E-state index contributed by atoms with van der Waals surface area (Å²) in [5, 5.41) is 2.78. The van der Waals surface area contributed by atoms with Gasteiger partial charge in [0.1, 0.15) is 0 Å². The second-order valence-electron chi connectivity index (χ2n) is 4.96. The zero-order chi connectivity index (χ0) is 16.0. The molecule has 0 aliphatic rings. The fraction of sp³-hybridized carbons (Fsp3) is 0.235. The summed E-state index contributed by atoms with van der Waals surface area (Å²) in [5.74, 6) is -0.0227. The van der Waals surface area contributed by atoms with Gasteiger partial charge < -0.3 is 5.32 Å². The van der Waals surface area contributed by atoms with Crippen molar-refractivity contribution in [1.82, 2.24) is 0 Å². The Morgan fingerprint density at radius 3 is 2.23 bits per heavy atom. The number of hydrogen-bond donors (Lipinski definition) is 1. The average Bonchev–Trinajstić information content (AvgIpc) is 2.54.